The molecule has 0 spiro atoms. The number of aromatic nitrogens is 2. The molecule has 6 nitrogen and oxygen atoms in total. The van der Waals surface area contributed by atoms with Crippen LogP contribution in [0.15, 0.2) is 12.3 Å². The lowest BCUT2D eigenvalue weighted by Gasteiger charge is -2.29. The number of carboxylic acid groups (broad SMARTS) is 1. The van der Waals surface area contributed by atoms with Crippen LogP contribution in [0.25, 0.3) is 0 Å². The van der Waals surface area contributed by atoms with Crippen molar-refractivity contribution >= 4 is 11.8 Å². The van der Waals surface area contributed by atoms with Crippen LogP contribution in [0.1, 0.15) is 37.7 Å². The summed E-state index contributed by atoms with van der Waals surface area (Å²) in [6.45, 7) is 0. The maximum absolute atomic E-state index is 11.0. The molecule has 1 aromatic rings. The summed E-state index contributed by atoms with van der Waals surface area (Å²) in [5.41, 5.74) is -0.102. The molecular weight excluding hydrogens is 232 g/mol. The number of nitrogens with one attached hydrogen (secondary N) is 1. The Bertz CT molecular complexity index is 489. The molecule has 1 saturated carbocycles. The third-order valence-electron chi connectivity index (χ3n) is 3.28. The van der Waals surface area contributed by atoms with Crippen LogP contribution in [-0.4, -0.2) is 26.8 Å². The Morgan fingerprint density at radius 2 is 2.28 bits per heavy atom. The fourth-order valence-electron chi connectivity index (χ4n) is 2.45. The van der Waals surface area contributed by atoms with Crippen molar-refractivity contribution in [3.63, 3.8) is 0 Å². The van der Waals surface area contributed by atoms with Gasteiger partial charge in [-0.3, -0.25) is 4.79 Å². The number of carboxylic acids is 1. The van der Waals surface area contributed by atoms with Gasteiger partial charge in [-0.25, -0.2) is 0 Å². The second-order valence-electron chi connectivity index (χ2n) is 4.59. The predicted molar refractivity (Wildman–Crippen MR) is 63.8 cm³/mol. The first-order chi connectivity index (χ1) is 8.65. The summed E-state index contributed by atoms with van der Waals surface area (Å²) in [4.78, 5) is 11.0. The normalized spacial score (nSPS) is 17.1. The molecule has 0 aliphatic heterocycles. The van der Waals surface area contributed by atoms with Crippen molar-refractivity contribution < 1.29 is 9.90 Å². The molecule has 1 aliphatic carbocycles. The van der Waals surface area contributed by atoms with Gasteiger partial charge in [-0.05, 0) is 18.9 Å². The second-order valence-corrected chi connectivity index (χ2v) is 4.59. The monoisotopic (exact) mass is 246 g/mol. The summed E-state index contributed by atoms with van der Waals surface area (Å²) in [5.74, 6) is -0.463. The Balaban J connectivity index is 2.24. The highest BCUT2D eigenvalue weighted by atomic mass is 16.4. The highest BCUT2D eigenvalue weighted by molar-refractivity contribution is 5.69. The maximum atomic E-state index is 11.0. The van der Waals surface area contributed by atoms with E-state index in [-0.39, 0.29) is 6.42 Å². The van der Waals surface area contributed by atoms with Crippen molar-refractivity contribution in [1.82, 2.24) is 10.2 Å². The molecular formula is C12H14N4O2. The zero-order valence-corrected chi connectivity index (χ0v) is 9.89. The van der Waals surface area contributed by atoms with Crippen LogP contribution in [0.5, 0.6) is 0 Å². The number of hydrogen-bond donors (Lipinski definition) is 2. The number of carbonyl (C=O) groups is 1. The van der Waals surface area contributed by atoms with Gasteiger partial charge in [-0.15, -0.1) is 5.10 Å². The minimum Gasteiger partial charge on any atom is -0.481 e. The van der Waals surface area contributed by atoms with Crippen molar-refractivity contribution in [3.05, 3.63) is 17.8 Å². The number of hydrogen-bond acceptors (Lipinski definition) is 5. The first-order valence-corrected chi connectivity index (χ1v) is 5.87. The number of rotatable bonds is 4. The van der Waals surface area contributed by atoms with Crippen molar-refractivity contribution in [3.8, 4) is 6.07 Å². The minimum atomic E-state index is -0.841. The Hall–Kier alpha value is -2.16. The third-order valence-corrected chi connectivity index (χ3v) is 3.28. The van der Waals surface area contributed by atoms with Gasteiger partial charge in [0, 0.05) is 5.54 Å². The van der Waals surface area contributed by atoms with E-state index in [1.165, 1.54) is 6.20 Å². The summed E-state index contributed by atoms with van der Waals surface area (Å²) in [6, 6.07) is 3.60. The van der Waals surface area contributed by atoms with Gasteiger partial charge in [-0.1, -0.05) is 12.8 Å². The zero-order chi connectivity index (χ0) is 13.0. The van der Waals surface area contributed by atoms with E-state index in [4.69, 9.17) is 10.4 Å². The van der Waals surface area contributed by atoms with E-state index >= 15 is 0 Å². The zero-order valence-electron chi connectivity index (χ0n) is 9.89. The highest BCUT2D eigenvalue weighted by Gasteiger charge is 2.36. The average Bonchev–Trinajstić information content (AvgIpc) is 2.77. The van der Waals surface area contributed by atoms with Crippen LogP contribution in [0.4, 0.5) is 5.82 Å². The number of anilines is 1. The molecule has 94 valence electrons. The number of nitriles is 1. The Kier molecular flexibility index (Phi) is 3.42. The first-order valence-electron chi connectivity index (χ1n) is 5.87. The average molecular weight is 246 g/mol. The first kappa shape index (κ1) is 12.3. The van der Waals surface area contributed by atoms with Crippen LogP contribution < -0.4 is 5.32 Å². The fourth-order valence-corrected chi connectivity index (χ4v) is 2.45. The van der Waals surface area contributed by atoms with Gasteiger partial charge in [0.25, 0.3) is 0 Å². The third kappa shape index (κ3) is 2.56. The fraction of sp³-hybridized carbons (Fsp3) is 0.500. The van der Waals surface area contributed by atoms with Gasteiger partial charge < -0.3 is 10.4 Å². The van der Waals surface area contributed by atoms with E-state index in [9.17, 15) is 4.79 Å². The smallest absolute Gasteiger partial charge is 0.305 e. The van der Waals surface area contributed by atoms with E-state index in [1.807, 2.05) is 6.07 Å². The SMILES string of the molecule is N#Cc1ccnnc1NC1(CC(=O)O)CCCC1. The summed E-state index contributed by atoms with van der Waals surface area (Å²) in [6.07, 6.45) is 5.02. The van der Waals surface area contributed by atoms with Crippen molar-refractivity contribution in [2.24, 2.45) is 0 Å². The maximum Gasteiger partial charge on any atom is 0.305 e. The minimum absolute atomic E-state index is 0.0362. The molecule has 1 aromatic heterocycles. The molecule has 0 atom stereocenters. The number of nitrogens with zero attached hydrogens (tertiary/aromatic N) is 3. The largest absolute Gasteiger partial charge is 0.481 e. The highest BCUT2D eigenvalue weighted by Crippen LogP contribution is 2.35. The van der Waals surface area contributed by atoms with E-state index in [0.29, 0.717) is 11.4 Å². The summed E-state index contributed by atoms with van der Waals surface area (Å²) in [5, 5.41) is 28.7. The quantitative estimate of drug-likeness (QED) is 0.836. The topological polar surface area (TPSA) is 98.9 Å². The van der Waals surface area contributed by atoms with Crippen LogP contribution in [0, 0.1) is 11.3 Å². The molecule has 1 aliphatic rings. The molecule has 1 heterocycles. The van der Waals surface area contributed by atoms with Crippen LogP contribution in [0.3, 0.4) is 0 Å². The lowest BCUT2D eigenvalue weighted by atomic mass is 9.93. The Morgan fingerprint density at radius 1 is 1.56 bits per heavy atom. The molecule has 0 aromatic carbocycles. The molecule has 6 heteroatoms. The van der Waals surface area contributed by atoms with Crippen molar-refractivity contribution in [2.75, 3.05) is 5.32 Å². The summed E-state index contributed by atoms with van der Waals surface area (Å²) >= 11 is 0. The lowest BCUT2D eigenvalue weighted by molar-refractivity contribution is -0.138. The van der Waals surface area contributed by atoms with Crippen LogP contribution >= 0.6 is 0 Å². The van der Waals surface area contributed by atoms with Gasteiger partial charge in [-0.2, -0.15) is 10.4 Å². The second kappa shape index (κ2) is 5.00. The Labute approximate surface area is 105 Å². The molecule has 2 N–H and O–H groups in total. The van der Waals surface area contributed by atoms with Gasteiger partial charge in [0.05, 0.1) is 18.2 Å². The summed E-state index contributed by atoms with van der Waals surface area (Å²) < 4.78 is 0. The van der Waals surface area contributed by atoms with Crippen LogP contribution in [0.2, 0.25) is 0 Å². The van der Waals surface area contributed by atoms with E-state index < -0.39 is 11.5 Å². The van der Waals surface area contributed by atoms with E-state index in [1.54, 1.807) is 6.07 Å². The molecule has 0 unspecified atom stereocenters. The van der Waals surface area contributed by atoms with Gasteiger partial charge in [0.1, 0.15) is 6.07 Å². The number of aliphatic carboxylic acids is 1. The predicted octanol–water partition coefficient (Wildman–Crippen LogP) is 1.55. The molecule has 2 rings (SSSR count). The molecule has 0 bridgehead atoms. The molecule has 0 saturated heterocycles. The standard InChI is InChI=1S/C12H14N4O2/c13-8-9-3-6-14-16-11(9)15-12(7-10(17)18)4-1-2-5-12/h3,6H,1-2,4-5,7H2,(H,15,16)(H,17,18). The van der Waals surface area contributed by atoms with Gasteiger partial charge in [0.2, 0.25) is 0 Å². The van der Waals surface area contributed by atoms with Gasteiger partial charge >= 0.3 is 5.97 Å². The summed E-state index contributed by atoms with van der Waals surface area (Å²) in [7, 11) is 0. The van der Waals surface area contributed by atoms with Crippen molar-refractivity contribution in [2.45, 2.75) is 37.6 Å². The molecule has 18 heavy (non-hydrogen) atoms. The molecule has 1 fully saturated rings. The molecule has 0 amide bonds. The van der Waals surface area contributed by atoms with Crippen molar-refractivity contribution in [1.29, 1.82) is 5.26 Å². The van der Waals surface area contributed by atoms with E-state index in [2.05, 4.69) is 15.5 Å². The van der Waals surface area contributed by atoms with Gasteiger partial charge in [0.15, 0.2) is 5.82 Å². The van der Waals surface area contributed by atoms with Crippen LogP contribution in [-0.2, 0) is 4.79 Å². The van der Waals surface area contributed by atoms with E-state index in [0.717, 1.165) is 25.7 Å². The molecule has 0 radical (unpaired) electrons. The lowest BCUT2D eigenvalue weighted by Crippen LogP contribution is -2.38. The Morgan fingerprint density at radius 3 is 2.89 bits per heavy atom.